The number of allylic oxidation sites excluding steroid dienone is 2. The molecular weight excluding hydrogens is 188 g/mol. The van der Waals surface area contributed by atoms with Crippen molar-refractivity contribution in [3.05, 3.63) is 11.8 Å². The summed E-state index contributed by atoms with van der Waals surface area (Å²) in [5.74, 6) is 5.44. The Morgan fingerprint density at radius 2 is 2.13 bits per heavy atom. The van der Waals surface area contributed by atoms with E-state index in [2.05, 4.69) is 38.0 Å². The number of hydrogen-bond donors (Lipinski definition) is 1. The minimum Gasteiger partial charge on any atom is -0.289 e. The normalized spacial score (nSPS) is 24.9. The third kappa shape index (κ3) is 2.40. The molecule has 3 heteroatoms. The number of carbonyl (C=O) groups excluding carboxylic acids is 1. The van der Waals surface area contributed by atoms with Crippen LogP contribution in [0.5, 0.6) is 0 Å². The first-order valence-electron chi connectivity index (χ1n) is 5.15. The van der Waals surface area contributed by atoms with E-state index in [1.54, 1.807) is 13.0 Å². The van der Waals surface area contributed by atoms with Crippen molar-refractivity contribution in [1.82, 2.24) is 10.4 Å². The number of nitrogens with one attached hydrogen (secondary N) is 1. The molecule has 0 aromatic rings. The van der Waals surface area contributed by atoms with Gasteiger partial charge >= 0.3 is 0 Å². The molecule has 0 aliphatic carbocycles. The Labute approximate surface area is 91.5 Å². The molecule has 0 bridgehead atoms. The molecule has 1 heterocycles. The predicted molar refractivity (Wildman–Crippen MR) is 60.4 cm³/mol. The molecule has 0 amide bonds. The summed E-state index contributed by atoms with van der Waals surface area (Å²) in [6.45, 7) is 9.98. The highest BCUT2D eigenvalue weighted by Crippen LogP contribution is 2.35. The summed E-state index contributed by atoms with van der Waals surface area (Å²) in [6, 6.07) is 0. The van der Waals surface area contributed by atoms with Gasteiger partial charge in [0.1, 0.15) is 5.66 Å². The van der Waals surface area contributed by atoms with Gasteiger partial charge in [0.25, 0.3) is 0 Å². The van der Waals surface area contributed by atoms with E-state index in [0.29, 0.717) is 5.92 Å². The van der Waals surface area contributed by atoms with Gasteiger partial charge in [0.05, 0.1) is 0 Å². The number of rotatable bonds is 3. The fourth-order valence-corrected chi connectivity index (χ4v) is 1.46. The van der Waals surface area contributed by atoms with Crippen LogP contribution in [0.15, 0.2) is 11.8 Å². The highest BCUT2D eigenvalue weighted by atomic mass is 16.1. The van der Waals surface area contributed by atoms with E-state index in [1.807, 2.05) is 11.9 Å². The summed E-state index contributed by atoms with van der Waals surface area (Å²) < 4.78 is 0. The number of hydrogen-bond acceptors (Lipinski definition) is 3. The van der Waals surface area contributed by atoms with Gasteiger partial charge < -0.3 is 0 Å². The van der Waals surface area contributed by atoms with Crippen LogP contribution in [-0.2, 0) is 4.79 Å². The molecule has 3 nitrogen and oxygen atoms in total. The van der Waals surface area contributed by atoms with Gasteiger partial charge in [-0.2, -0.15) is 0 Å². The van der Waals surface area contributed by atoms with Crippen LogP contribution >= 0.6 is 0 Å². The lowest BCUT2D eigenvalue weighted by Crippen LogP contribution is -2.21. The molecule has 1 aliphatic rings. The second-order valence-electron chi connectivity index (χ2n) is 4.27. The summed E-state index contributed by atoms with van der Waals surface area (Å²) in [6.07, 6.45) is 1.57. The topological polar surface area (TPSA) is 42.0 Å². The Morgan fingerprint density at radius 1 is 1.53 bits per heavy atom. The number of hydrazine groups is 1. The zero-order valence-corrected chi connectivity index (χ0v) is 10.0. The Bertz CT molecular complexity index is 360. The van der Waals surface area contributed by atoms with E-state index in [0.717, 1.165) is 5.70 Å². The highest BCUT2D eigenvalue weighted by molar-refractivity contribution is 6.04. The van der Waals surface area contributed by atoms with Crippen molar-refractivity contribution in [2.24, 2.45) is 5.92 Å². The molecule has 0 aromatic heterocycles. The molecule has 0 spiro atoms. The van der Waals surface area contributed by atoms with Crippen LogP contribution in [0.1, 0.15) is 34.6 Å². The van der Waals surface area contributed by atoms with Crippen molar-refractivity contribution in [1.29, 1.82) is 0 Å². The fraction of sp³-hybridized carbons (Fsp3) is 0.583. The molecule has 1 rings (SSSR count). The quantitative estimate of drug-likeness (QED) is 0.330. The second kappa shape index (κ2) is 4.08. The van der Waals surface area contributed by atoms with Gasteiger partial charge in [-0.1, -0.05) is 19.8 Å². The molecule has 1 fully saturated rings. The van der Waals surface area contributed by atoms with Gasteiger partial charge in [-0.15, -0.1) is 0 Å². The third-order valence-corrected chi connectivity index (χ3v) is 2.82. The zero-order valence-electron chi connectivity index (χ0n) is 10.0. The monoisotopic (exact) mass is 206 g/mol. The molecule has 1 saturated heterocycles. The molecule has 15 heavy (non-hydrogen) atoms. The van der Waals surface area contributed by atoms with E-state index in [1.165, 1.54) is 0 Å². The molecule has 1 atom stereocenters. The average molecular weight is 206 g/mol. The Balaban J connectivity index is 2.68. The highest BCUT2D eigenvalue weighted by Gasteiger charge is 2.49. The number of carbonyl (C=O) groups is 1. The molecule has 0 saturated carbocycles. The molecule has 1 unspecified atom stereocenters. The maximum absolute atomic E-state index is 11.3. The van der Waals surface area contributed by atoms with E-state index in [9.17, 15) is 4.79 Å². The first-order valence-corrected chi connectivity index (χ1v) is 5.15. The first-order chi connectivity index (χ1) is 6.91. The minimum absolute atomic E-state index is 0.0134. The molecule has 1 N–H and O–H groups in total. The summed E-state index contributed by atoms with van der Waals surface area (Å²) in [5, 5.41) is 2.01. The van der Waals surface area contributed by atoms with Crippen molar-refractivity contribution < 1.29 is 4.79 Å². The molecule has 0 radical (unpaired) electrons. The van der Waals surface area contributed by atoms with Gasteiger partial charge in [-0.05, 0) is 32.6 Å². The summed E-state index contributed by atoms with van der Waals surface area (Å²) in [7, 11) is 0. The summed E-state index contributed by atoms with van der Waals surface area (Å²) in [5.41, 5.74) is 4.16. The standard InChI is InChI=1S/C12H18N2O/c1-6-7-11(15)8-10(4)14-12(5,13-14)9(2)3/h8-9,13H,1-5H3. The van der Waals surface area contributed by atoms with E-state index >= 15 is 0 Å². The lowest BCUT2D eigenvalue weighted by Gasteiger charge is -2.13. The van der Waals surface area contributed by atoms with Crippen LogP contribution in [0.3, 0.4) is 0 Å². The van der Waals surface area contributed by atoms with Gasteiger partial charge in [0.2, 0.25) is 5.78 Å². The number of ketones is 1. The van der Waals surface area contributed by atoms with Crippen LogP contribution < -0.4 is 5.43 Å². The average Bonchev–Trinajstić information content (AvgIpc) is 2.80. The van der Waals surface area contributed by atoms with Crippen molar-refractivity contribution in [3.63, 3.8) is 0 Å². The van der Waals surface area contributed by atoms with Crippen molar-refractivity contribution in [3.8, 4) is 11.8 Å². The SMILES string of the molecule is CC#CC(=O)C=C(C)N1NC1(C)C(C)C. The second-order valence-corrected chi connectivity index (χ2v) is 4.27. The van der Waals surface area contributed by atoms with Crippen LogP contribution in [0.4, 0.5) is 0 Å². The zero-order chi connectivity index (χ0) is 11.6. The van der Waals surface area contributed by atoms with Crippen LogP contribution in [0.2, 0.25) is 0 Å². The lowest BCUT2D eigenvalue weighted by atomic mass is 10.0. The maximum atomic E-state index is 11.3. The molecule has 82 valence electrons. The summed E-state index contributed by atoms with van der Waals surface area (Å²) in [4.78, 5) is 11.3. The molecule has 1 aliphatic heterocycles. The lowest BCUT2D eigenvalue weighted by molar-refractivity contribution is -0.109. The third-order valence-electron chi connectivity index (χ3n) is 2.82. The Kier molecular flexibility index (Phi) is 3.21. The Hall–Kier alpha value is -1.27. The largest absolute Gasteiger partial charge is 0.289 e. The van der Waals surface area contributed by atoms with E-state index in [-0.39, 0.29) is 11.4 Å². The van der Waals surface area contributed by atoms with Crippen LogP contribution in [0, 0.1) is 17.8 Å². The number of nitrogens with zero attached hydrogens (tertiary/aromatic N) is 1. The van der Waals surface area contributed by atoms with Crippen LogP contribution in [-0.4, -0.2) is 16.5 Å². The Morgan fingerprint density at radius 3 is 2.53 bits per heavy atom. The van der Waals surface area contributed by atoms with Gasteiger partial charge in [-0.25, -0.2) is 5.43 Å². The van der Waals surface area contributed by atoms with E-state index in [4.69, 9.17) is 0 Å². The van der Waals surface area contributed by atoms with Crippen molar-refractivity contribution >= 4 is 5.78 Å². The fourth-order valence-electron chi connectivity index (χ4n) is 1.46. The predicted octanol–water partition coefficient (Wildman–Crippen LogP) is 1.68. The maximum Gasteiger partial charge on any atom is 0.230 e. The van der Waals surface area contributed by atoms with Gasteiger partial charge in [0.15, 0.2) is 0 Å². The van der Waals surface area contributed by atoms with Gasteiger partial charge in [-0.3, -0.25) is 9.80 Å². The minimum atomic E-state index is -0.144. The smallest absolute Gasteiger partial charge is 0.230 e. The van der Waals surface area contributed by atoms with E-state index < -0.39 is 0 Å². The molecular formula is C12H18N2O. The summed E-state index contributed by atoms with van der Waals surface area (Å²) >= 11 is 0. The van der Waals surface area contributed by atoms with Gasteiger partial charge in [0, 0.05) is 11.8 Å². The molecule has 0 aromatic carbocycles. The van der Waals surface area contributed by atoms with Crippen molar-refractivity contribution in [2.45, 2.75) is 40.3 Å². The van der Waals surface area contributed by atoms with Crippen molar-refractivity contribution in [2.75, 3.05) is 0 Å². The van der Waals surface area contributed by atoms with Crippen LogP contribution in [0.25, 0.3) is 0 Å². The first kappa shape index (κ1) is 11.8.